The Labute approximate surface area is 95.9 Å². The first-order valence-electron chi connectivity index (χ1n) is 5.61. The van der Waals surface area contributed by atoms with Gasteiger partial charge >= 0.3 is 0 Å². The van der Waals surface area contributed by atoms with Crippen LogP contribution < -0.4 is 0 Å². The molecule has 1 aromatic heterocycles. The number of benzene rings is 1. The number of hydrogen-bond donors (Lipinski definition) is 0. The molecular weight excluding hydrogens is 200 g/mol. The highest BCUT2D eigenvalue weighted by atomic mass is 32.1. The molecular formula is C14H18S. The molecule has 0 atom stereocenters. The summed E-state index contributed by atoms with van der Waals surface area (Å²) in [7, 11) is 0. The van der Waals surface area contributed by atoms with Gasteiger partial charge in [0, 0.05) is 9.58 Å². The fraction of sp³-hybridized carbons (Fsp3) is 0.429. The van der Waals surface area contributed by atoms with E-state index < -0.39 is 0 Å². The van der Waals surface area contributed by atoms with Gasteiger partial charge in [-0.05, 0) is 34.9 Å². The minimum Gasteiger partial charge on any atom is -0.140 e. The topological polar surface area (TPSA) is 0 Å². The number of fused-ring (bicyclic) bond motifs is 1. The minimum absolute atomic E-state index is 0.624. The molecule has 0 aliphatic carbocycles. The lowest BCUT2D eigenvalue weighted by Crippen LogP contribution is -1.84. The molecule has 0 saturated heterocycles. The molecule has 0 saturated carbocycles. The standard InChI is InChI=1S/C14H18S/c1-9(2)11-5-6-12-8-13(10(3)4)15-14(12)7-11/h5-10H,1-4H3. The second-order valence-electron chi connectivity index (χ2n) is 4.76. The first-order valence-corrected chi connectivity index (χ1v) is 6.43. The fourth-order valence-corrected chi connectivity index (χ4v) is 2.83. The maximum Gasteiger partial charge on any atom is 0.0348 e. The van der Waals surface area contributed by atoms with E-state index in [0.29, 0.717) is 11.8 Å². The van der Waals surface area contributed by atoms with Crippen LogP contribution in [-0.4, -0.2) is 0 Å². The molecule has 0 spiro atoms. The van der Waals surface area contributed by atoms with Crippen LogP contribution in [0.2, 0.25) is 0 Å². The van der Waals surface area contributed by atoms with Crippen molar-refractivity contribution in [3.63, 3.8) is 0 Å². The van der Waals surface area contributed by atoms with Gasteiger partial charge in [0.2, 0.25) is 0 Å². The van der Waals surface area contributed by atoms with E-state index in [2.05, 4.69) is 52.0 Å². The van der Waals surface area contributed by atoms with Crippen LogP contribution in [0.5, 0.6) is 0 Å². The van der Waals surface area contributed by atoms with Gasteiger partial charge in [-0.25, -0.2) is 0 Å². The zero-order valence-corrected chi connectivity index (χ0v) is 10.7. The van der Waals surface area contributed by atoms with Gasteiger partial charge in [0.1, 0.15) is 0 Å². The van der Waals surface area contributed by atoms with E-state index >= 15 is 0 Å². The predicted molar refractivity (Wildman–Crippen MR) is 70.0 cm³/mol. The van der Waals surface area contributed by atoms with Crippen LogP contribution in [-0.2, 0) is 0 Å². The smallest absolute Gasteiger partial charge is 0.0348 e. The molecule has 0 fully saturated rings. The summed E-state index contributed by atoms with van der Waals surface area (Å²) in [5, 5.41) is 1.40. The molecule has 0 aliphatic rings. The summed E-state index contributed by atoms with van der Waals surface area (Å²) in [6.45, 7) is 9.01. The third-order valence-electron chi connectivity index (χ3n) is 2.80. The molecule has 0 radical (unpaired) electrons. The number of rotatable bonds is 2. The second kappa shape index (κ2) is 3.97. The van der Waals surface area contributed by atoms with Gasteiger partial charge in [0.15, 0.2) is 0 Å². The highest BCUT2D eigenvalue weighted by Crippen LogP contribution is 2.32. The SMILES string of the molecule is CC(C)c1ccc2cc(C(C)C)sc2c1. The summed E-state index contributed by atoms with van der Waals surface area (Å²) in [4.78, 5) is 1.49. The Balaban J connectivity index is 2.52. The van der Waals surface area contributed by atoms with Crippen molar-refractivity contribution < 1.29 is 0 Å². The van der Waals surface area contributed by atoms with Crippen LogP contribution in [0.4, 0.5) is 0 Å². The van der Waals surface area contributed by atoms with Gasteiger partial charge in [-0.2, -0.15) is 0 Å². The lowest BCUT2D eigenvalue weighted by molar-refractivity contribution is 0.869. The van der Waals surface area contributed by atoms with Crippen molar-refractivity contribution in [2.75, 3.05) is 0 Å². The van der Waals surface area contributed by atoms with Crippen LogP contribution in [0.15, 0.2) is 24.3 Å². The maximum atomic E-state index is 2.34. The summed E-state index contributed by atoms with van der Waals surface area (Å²) in [5.74, 6) is 1.27. The van der Waals surface area contributed by atoms with Gasteiger partial charge in [-0.15, -0.1) is 11.3 Å². The van der Waals surface area contributed by atoms with Crippen molar-refractivity contribution >= 4 is 21.4 Å². The summed E-state index contributed by atoms with van der Waals surface area (Å²) in [5.41, 5.74) is 1.44. The highest BCUT2D eigenvalue weighted by molar-refractivity contribution is 7.19. The van der Waals surface area contributed by atoms with Crippen LogP contribution in [0.3, 0.4) is 0 Å². The molecule has 1 aromatic carbocycles. The number of hydrogen-bond acceptors (Lipinski definition) is 1. The third kappa shape index (κ3) is 2.07. The molecule has 0 bridgehead atoms. The van der Waals surface area contributed by atoms with Crippen molar-refractivity contribution in [1.82, 2.24) is 0 Å². The van der Waals surface area contributed by atoms with Gasteiger partial charge in [-0.3, -0.25) is 0 Å². The highest BCUT2D eigenvalue weighted by Gasteiger charge is 2.06. The Hall–Kier alpha value is -0.820. The average molecular weight is 218 g/mol. The normalized spacial score (nSPS) is 11.9. The molecule has 0 amide bonds. The van der Waals surface area contributed by atoms with Crippen molar-refractivity contribution in [2.24, 2.45) is 0 Å². The van der Waals surface area contributed by atoms with E-state index in [-0.39, 0.29) is 0 Å². The van der Waals surface area contributed by atoms with E-state index in [1.54, 1.807) is 0 Å². The Morgan fingerprint density at radius 2 is 1.67 bits per heavy atom. The molecule has 0 unspecified atom stereocenters. The van der Waals surface area contributed by atoms with Gasteiger partial charge in [0.05, 0.1) is 0 Å². The molecule has 0 N–H and O–H groups in total. The van der Waals surface area contributed by atoms with Crippen LogP contribution >= 0.6 is 11.3 Å². The molecule has 0 nitrogen and oxygen atoms in total. The Kier molecular flexibility index (Phi) is 2.83. The van der Waals surface area contributed by atoms with Gasteiger partial charge < -0.3 is 0 Å². The minimum atomic E-state index is 0.624. The molecule has 1 heteroatoms. The zero-order valence-electron chi connectivity index (χ0n) is 9.87. The van der Waals surface area contributed by atoms with E-state index in [4.69, 9.17) is 0 Å². The summed E-state index contributed by atoms with van der Waals surface area (Å²) in [6.07, 6.45) is 0. The largest absolute Gasteiger partial charge is 0.140 e. The third-order valence-corrected chi connectivity index (χ3v) is 4.20. The summed E-state index contributed by atoms with van der Waals surface area (Å²) >= 11 is 1.94. The monoisotopic (exact) mass is 218 g/mol. The van der Waals surface area contributed by atoms with E-state index in [9.17, 15) is 0 Å². The van der Waals surface area contributed by atoms with Crippen molar-refractivity contribution in [3.8, 4) is 0 Å². The van der Waals surface area contributed by atoms with Crippen molar-refractivity contribution in [3.05, 3.63) is 34.7 Å². The van der Waals surface area contributed by atoms with Crippen molar-refractivity contribution in [1.29, 1.82) is 0 Å². The van der Waals surface area contributed by atoms with E-state index in [0.717, 1.165) is 0 Å². The molecule has 2 aromatic rings. The molecule has 1 heterocycles. The number of thiophene rings is 1. The quantitative estimate of drug-likeness (QED) is 0.654. The Bertz CT molecular complexity index is 457. The average Bonchev–Trinajstić information content (AvgIpc) is 2.59. The lowest BCUT2D eigenvalue weighted by Gasteiger charge is -2.03. The Morgan fingerprint density at radius 1 is 0.933 bits per heavy atom. The summed E-state index contributed by atoms with van der Waals surface area (Å²) < 4.78 is 1.44. The van der Waals surface area contributed by atoms with Crippen LogP contribution in [0, 0.1) is 0 Å². The van der Waals surface area contributed by atoms with Crippen LogP contribution in [0.1, 0.15) is 50.0 Å². The molecule has 80 valence electrons. The van der Waals surface area contributed by atoms with E-state index in [1.807, 2.05) is 11.3 Å². The predicted octanol–water partition coefficient (Wildman–Crippen LogP) is 5.15. The van der Waals surface area contributed by atoms with E-state index in [1.165, 1.54) is 20.5 Å². The first kappa shape index (κ1) is 10.7. The van der Waals surface area contributed by atoms with Gasteiger partial charge in [0.25, 0.3) is 0 Å². The maximum absolute atomic E-state index is 2.34. The zero-order chi connectivity index (χ0) is 11.0. The van der Waals surface area contributed by atoms with Gasteiger partial charge in [-0.1, -0.05) is 39.8 Å². The fourth-order valence-electron chi connectivity index (χ4n) is 1.71. The second-order valence-corrected chi connectivity index (χ2v) is 5.87. The Morgan fingerprint density at radius 3 is 2.27 bits per heavy atom. The van der Waals surface area contributed by atoms with Crippen LogP contribution in [0.25, 0.3) is 10.1 Å². The first-order chi connectivity index (χ1) is 7.08. The lowest BCUT2D eigenvalue weighted by atomic mass is 10.0. The molecule has 0 aliphatic heterocycles. The van der Waals surface area contributed by atoms with Crippen molar-refractivity contribution in [2.45, 2.75) is 39.5 Å². The summed E-state index contributed by atoms with van der Waals surface area (Å²) in [6, 6.07) is 9.18. The molecule has 15 heavy (non-hydrogen) atoms. The molecule has 2 rings (SSSR count).